The van der Waals surface area contributed by atoms with Gasteiger partial charge in [-0.25, -0.2) is 0 Å². The molecule has 3 nitrogen and oxygen atoms in total. The van der Waals surface area contributed by atoms with Crippen LogP contribution in [0.1, 0.15) is 30.6 Å². The third-order valence-corrected chi connectivity index (χ3v) is 3.96. The van der Waals surface area contributed by atoms with Gasteiger partial charge in [0, 0.05) is 17.5 Å². The number of carbonyl (C=O) groups excluding carboxylic acids is 1. The van der Waals surface area contributed by atoms with Crippen molar-refractivity contribution in [2.75, 3.05) is 5.88 Å². The summed E-state index contributed by atoms with van der Waals surface area (Å²) >= 11 is 5.93. The maximum absolute atomic E-state index is 12.4. The van der Waals surface area contributed by atoms with Gasteiger partial charge in [-0.1, -0.05) is 25.1 Å². The van der Waals surface area contributed by atoms with Crippen molar-refractivity contribution >= 4 is 28.4 Å². The minimum Gasteiger partial charge on any atom is -0.346 e. The number of benzene rings is 1. The lowest BCUT2D eigenvalue weighted by Gasteiger charge is -2.27. The van der Waals surface area contributed by atoms with Gasteiger partial charge in [0.25, 0.3) is 5.91 Å². The number of nitrogens with zero attached hydrogens (tertiary/aromatic N) is 1. The number of alkyl halides is 1. The van der Waals surface area contributed by atoms with Crippen LogP contribution in [0.4, 0.5) is 0 Å². The molecule has 0 saturated heterocycles. The van der Waals surface area contributed by atoms with Crippen molar-refractivity contribution in [3.05, 3.63) is 42.1 Å². The van der Waals surface area contributed by atoms with Crippen LogP contribution in [0.25, 0.3) is 10.9 Å². The number of rotatable bonds is 4. The fourth-order valence-corrected chi connectivity index (χ4v) is 2.10. The molecule has 0 spiro atoms. The van der Waals surface area contributed by atoms with E-state index in [1.54, 1.807) is 12.3 Å². The van der Waals surface area contributed by atoms with Crippen molar-refractivity contribution in [1.82, 2.24) is 10.3 Å². The van der Waals surface area contributed by atoms with Crippen molar-refractivity contribution in [3.63, 3.8) is 0 Å². The Morgan fingerprint density at radius 2 is 2.11 bits per heavy atom. The SMILES string of the molecule is CCC(C)(CCl)NC(=O)c1cccc2cccnc12. The zero-order valence-electron chi connectivity index (χ0n) is 11.1. The molecule has 0 fully saturated rings. The fourth-order valence-electron chi connectivity index (χ4n) is 1.85. The lowest BCUT2D eigenvalue weighted by molar-refractivity contribution is 0.0914. The smallest absolute Gasteiger partial charge is 0.253 e. The van der Waals surface area contributed by atoms with Gasteiger partial charge in [-0.2, -0.15) is 0 Å². The Morgan fingerprint density at radius 3 is 2.79 bits per heavy atom. The predicted molar refractivity (Wildman–Crippen MR) is 78.6 cm³/mol. The molecule has 1 aromatic carbocycles. The average Bonchev–Trinajstić information content (AvgIpc) is 2.46. The highest BCUT2D eigenvalue weighted by Crippen LogP contribution is 2.18. The summed E-state index contributed by atoms with van der Waals surface area (Å²) in [6.45, 7) is 3.94. The highest BCUT2D eigenvalue weighted by Gasteiger charge is 2.24. The molecule has 1 N–H and O–H groups in total. The van der Waals surface area contributed by atoms with E-state index in [2.05, 4.69) is 10.3 Å². The van der Waals surface area contributed by atoms with Gasteiger partial charge in [0.15, 0.2) is 0 Å². The summed E-state index contributed by atoms with van der Waals surface area (Å²) in [6.07, 6.45) is 2.47. The Bertz CT molecular complexity index is 588. The number of hydrogen-bond donors (Lipinski definition) is 1. The second-order valence-corrected chi connectivity index (χ2v) is 5.15. The molecule has 1 atom stereocenters. The van der Waals surface area contributed by atoms with E-state index in [1.165, 1.54) is 0 Å². The zero-order valence-corrected chi connectivity index (χ0v) is 11.9. The van der Waals surface area contributed by atoms with E-state index in [4.69, 9.17) is 11.6 Å². The number of amides is 1. The average molecular weight is 277 g/mol. The molecular weight excluding hydrogens is 260 g/mol. The molecule has 0 radical (unpaired) electrons. The van der Waals surface area contributed by atoms with Gasteiger partial charge in [-0.3, -0.25) is 9.78 Å². The Kier molecular flexibility index (Phi) is 4.05. The van der Waals surface area contributed by atoms with Crippen molar-refractivity contribution in [3.8, 4) is 0 Å². The van der Waals surface area contributed by atoms with Gasteiger partial charge in [0.05, 0.1) is 16.6 Å². The first-order valence-corrected chi connectivity index (χ1v) is 6.85. The molecule has 1 unspecified atom stereocenters. The molecule has 2 aromatic rings. The van der Waals surface area contributed by atoms with Crippen molar-refractivity contribution < 1.29 is 4.79 Å². The molecule has 4 heteroatoms. The van der Waals surface area contributed by atoms with Crippen LogP contribution < -0.4 is 5.32 Å². The molecule has 0 aliphatic carbocycles. The summed E-state index contributed by atoms with van der Waals surface area (Å²) in [4.78, 5) is 16.7. The molecule has 1 heterocycles. The topological polar surface area (TPSA) is 42.0 Å². The first kappa shape index (κ1) is 13.8. The lowest BCUT2D eigenvalue weighted by Crippen LogP contribution is -2.47. The molecule has 0 aliphatic rings. The van der Waals surface area contributed by atoms with E-state index >= 15 is 0 Å². The highest BCUT2D eigenvalue weighted by molar-refractivity contribution is 6.19. The van der Waals surface area contributed by atoms with E-state index < -0.39 is 5.54 Å². The van der Waals surface area contributed by atoms with Crippen LogP contribution in [0.15, 0.2) is 36.5 Å². The minimum atomic E-state index is -0.393. The quantitative estimate of drug-likeness (QED) is 0.870. The fraction of sp³-hybridized carbons (Fsp3) is 0.333. The first-order chi connectivity index (χ1) is 9.09. The number of aromatic nitrogens is 1. The van der Waals surface area contributed by atoms with E-state index in [0.717, 1.165) is 17.3 Å². The van der Waals surface area contributed by atoms with Crippen LogP contribution in [0.2, 0.25) is 0 Å². The van der Waals surface area contributed by atoms with Crippen LogP contribution in [0.3, 0.4) is 0 Å². The van der Waals surface area contributed by atoms with Crippen molar-refractivity contribution in [2.24, 2.45) is 0 Å². The van der Waals surface area contributed by atoms with Crippen LogP contribution in [-0.2, 0) is 0 Å². The van der Waals surface area contributed by atoms with Crippen LogP contribution >= 0.6 is 11.6 Å². The van der Waals surface area contributed by atoms with Gasteiger partial charge in [-0.15, -0.1) is 11.6 Å². The molecule has 1 aromatic heterocycles. The Hall–Kier alpha value is -1.61. The van der Waals surface area contributed by atoms with E-state index in [9.17, 15) is 4.79 Å². The number of fused-ring (bicyclic) bond motifs is 1. The third-order valence-electron chi connectivity index (χ3n) is 3.37. The third kappa shape index (κ3) is 2.87. The van der Waals surface area contributed by atoms with Crippen molar-refractivity contribution in [2.45, 2.75) is 25.8 Å². The van der Waals surface area contributed by atoms with Gasteiger partial charge in [0.2, 0.25) is 0 Å². The summed E-state index contributed by atoms with van der Waals surface area (Å²) in [6, 6.07) is 9.40. The number of nitrogens with one attached hydrogen (secondary N) is 1. The highest BCUT2D eigenvalue weighted by atomic mass is 35.5. The van der Waals surface area contributed by atoms with Gasteiger partial charge in [0.1, 0.15) is 0 Å². The predicted octanol–water partition coefficient (Wildman–Crippen LogP) is 3.37. The lowest BCUT2D eigenvalue weighted by atomic mass is 10.0. The van der Waals surface area contributed by atoms with E-state index in [-0.39, 0.29) is 5.91 Å². The van der Waals surface area contributed by atoms with E-state index in [1.807, 2.05) is 38.1 Å². The summed E-state index contributed by atoms with van der Waals surface area (Å²) in [5.74, 6) is 0.252. The molecule has 100 valence electrons. The normalized spacial score (nSPS) is 14.1. The maximum Gasteiger partial charge on any atom is 0.253 e. The number of pyridine rings is 1. The van der Waals surface area contributed by atoms with Gasteiger partial charge in [-0.05, 0) is 25.5 Å². The molecule has 0 bridgehead atoms. The maximum atomic E-state index is 12.4. The standard InChI is InChI=1S/C15H17ClN2O/c1-3-15(2,10-16)18-14(19)12-8-4-6-11-7-5-9-17-13(11)12/h4-9H,3,10H2,1-2H3,(H,18,19). The summed E-state index contributed by atoms with van der Waals surface area (Å²) < 4.78 is 0. The van der Waals surface area contributed by atoms with Crippen LogP contribution in [-0.4, -0.2) is 22.3 Å². The summed E-state index contributed by atoms with van der Waals surface area (Å²) in [5, 5.41) is 3.95. The van der Waals surface area contributed by atoms with Gasteiger partial charge >= 0.3 is 0 Å². The van der Waals surface area contributed by atoms with Crippen LogP contribution in [0.5, 0.6) is 0 Å². The monoisotopic (exact) mass is 276 g/mol. The first-order valence-electron chi connectivity index (χ1n) is 6.32. The Balaban J connectivity index is 2.37. The molecule has 0 saturated carbocycles. The Labute approximate surface area is 118 Å². The largest absolute Gasteiger partial charge is 0.346 e. The molecule has 1 amide bonds. The summed E-state index contributed by atoms with van der Waals surface area (Å²) in [5.41, 5.74) is 0.911. The second-order valence-electron chi connectivity index (χ2n) is 4.88. The number of para-hydroxylation sites is 1. The van der Waals surface area contributed by atoms with Crippen LogP contribution in [0, 0.1) is 0 Å². The zero-order chi connectivity index (χ0) is 13.9. The molecule has 0 aliphatic heterocycles. The van der Waals surface area contributed by atoms with Crippen molar-refractivity contribution in [1.29, 1.82) is 0 Å². The second kappa shape index (κ2) is 5.57. The number of halogens is 1. The molecule has 2 rings (SSSR count). The number of carbonyl (C=O) groups is 1. The number of hydrogen-bond acceptors (Lipinski definition) is 2. The van der Waals surface area contributed by atoms with Gasteiger partial charge < -0.3 is 5.32 Å². The van der Waals surface area contributed by atoms with E-state index in [0.29, 0.717) is 11.4 Å². The Morgan fingerprint density at radius 1 is 1.37 bits per heavy atom. The minimum absolute atomic E-state index is 0.130. The summed E-state index contributed by atoms with van der Waals surface area (Å²) in [7, 11) is 0. The molecule has 19 heavy (non-hydrogen) atoms. The molecular formula is C15H17ClN2O.